The van der Waals surface area contributed by atoms with Crippen LogP contribution in [0.5, 0.6) is 0 Å². The first-order valence-electron chi connectivity index (χ1n) is 7.00. The van der Waals surface area contributed by atoms with Crippen LogP contribution >= 0.6 is 0 Å². The summed E-state index contributed by atoms with van der Waals surface area (Å²) >= 11 is 0. The third-order valence-corrected chi connectivity index (χ3v) is 4.41. The van der Waals surface area contributed by atoms with Gasteiger partial charge in [-0.25, -0.2) is 0 Å². The van der Waals surface area contributed by atoms with Crippen molar-refractivity contribution in [3.8, 4) is 12.3 Å². The molecule has 0 N–H and O–H groups in total. The van der Waals surface area contributed by atoms with Crippen LogP contribution in [0.25, 0.3) is 0 Å². The van der Waals surface area contributed by atoms with Crippen molar-refractivity contribution in [1.29, 1.82) is 0 Å². The summed E-state index contributed by atoms with van der Waals surface area (Å²) in [5.74, 6) is 2.50. The average molecular weight is 236 g/mol. The minimum atomic E-state index is -0.340. The minimum absolute atomic E-state index is 0.119. The molecule has 1 heterocycles. The highest BCUT2D eigenvalue weighted by atomic mass is 16.7. The normalized spacial score (nSPS) is 35.8. The fourth-order valence-corrected chi connectivity index (χ4v) is 3.43. The largest absolute Gasteiger partial charge is 0.349 e. The predicted octanol–water partition coefficient (Wildman–Crippen LogP) is 3.50. The molecule has 0 amide bonds. The second-order valence-corrected chi connectivity index (χ2v) is 5.42. The van der Waals surface area contributed by atoms with Crippen LogP contribution in [0, 0.1) is 17.8 Å². The summed E-state index contributed by atoms with van der Waals surface area (Å²) < 4.78 is 12.1. The molecule has 2 rings (SSSR count). The number of hydrogen-bond donors (Lipinski definition) is 0. The van der Waals surface area contributed by atoms with Crippen molar-refractivity contribution < 1.29 is 9.47 Å². The molecule has 2 fully saturated rings. The van der Waals surface area contributed by atoms with Crippen molar-refractivity contribution in [2.24, 2.45) is 5.41 Å². The molecule has 2 nitrogen and oxygen atoms in total. The van der Waals surface area contributed by atoms with Crippen LogP contribution in [0.4, 0.5) is 0 Å². The van der Waals surface area contributed by atoms with Gasteiger partial charge in [0.15, 0.2) is 5.79 Å². The lowest BCUT2D eigenvalue weighted by Crippen LogP contribution is -2.43. The van der Waals surface area contributed by atoms with Crippen LogP contribution in [0.1, 0.15) is 58.3 Å². The number of hydrogen-bond acceptors (Lipinski definition) is 2. The maximum Gasteiger partial charge on any atom is 0.174 e. The van der Waals surface area contributed by atoms with E-state index >= 15 is 0 Å². The molecular formula is C15H24O2. The van der Waals surface area contributed by atoms with Gasteiger partial charge in [-0.05, 0) is 25.7 Å². The second kappa shape index (κ2) is 5.42. The monoisotopic (exact) mass is 236 g/mol. The van der Waals surface area contributed by atoms with Crippen molar-refractivity contribution in [3.05, 3.63) is 0 Å². The molecule has 1 saturated heterocycles. The zero-order valence-corrected chi connectivity index (χ0v) is 11.0. The quantitative estimate of drug-likeness (QED) is 0.519. The summed E-state index contributed by atoms with van der Waals surface area (Å²) in [7, 11) is 0. The van der Waals surface area contributed by atoms with Gasteiger partial charge in [-0.1, -0.05) is 19.8 Å². The zero-order valence-electron chi connectivity index (χ0n) is 11.0. The minimum Gasteiger partial charge on any atom is -0.349 e. The molecule has 1 aliphatic carbocycles. The fourth-order valence-electron chi connectivity index (χ4n) is 3.43. The van der Waals surface area contributed by atoms with Gasteiger partial charge in [-0.15, -0.1) is 12.3 Å². The molecule has 96 valence electrons. The average Bonchev–Trinajstić information content (AvgIpc) is 2.80. The van der Waals surface area contributed by atoms with Gasteiger partial charge in [0.2, 0.25) is 0 Å². The molecule has 0 aromatic heterocycles. The van der Waals surface area contributed by atoms with Crippen LogP contribution in [-0.2, 0) is 9.47 Å². The van der Waals surface area contributed by atoms with E-state index in [0.29, 0.717) is 0 Å². The van der Waals surface area contributed by atoms with Gasteiger partial charge in [-0.2, -0.15) is 0 Å². The van der Waals surface area contributed by atoms with Crippen LogP contribution in [0.2, 0.25) is 0 Å². The number of terminal acetylenes is 1. The van der Waals surface area contributed by atoms with Crippen molar-refractivity contribution >= 4 is 0 Å². The summed E-state index contributed by atoms with van der Waals surface area (Å²) in [6, 6.07) is 0. The molecule has 0 bridgehead atoms. The van der Waals surface area contributed by atoms with Gasteiger partial charge in [0.05, 0.1) is 13.2 Å². The highest BCUT2D eigenvalue weighted by molar-refractivity contribution is 5.08. The van der Waals surface area contributed by atoms with Crippen molar-refractivity contribution in [2.75, 3.05) is 13.2 Å². The van der Waals surface area contributed by atoms with Crippen LogP contribution < -0.4 is 0 Å². The highest BCUT2D eigenvalue weighted by Crippen LogP contribution is 2.57. The Morgan fingerprint density at radius 1 is 1.29 bits per heavy atom. The Morgan fingerprint density at radius 3 is 2.94 bits per heavy atom. The Kier molecular flexibility index (Phi) is 4.12. The maximum atomic E-state index is 6.15. The first-order valence-corrected chi connectivity index (χ1v) is 7.00. The molecule has 2 heteroatoms. The number of rotatable bonds is 6. The van der Waals surface area contributed by atoms with E-state index in [9.17, 15) is 0 Å². The lowest BCUT2D eigenvalue weighted by Gasteiger charge is -2.37. The molecule has 1 aliphatic heterocycles. The summed E-state index contributed by atoms with van der Waals surface area (Å²) in [4.78, 5) is 0. The smallest absolute Gasteiger partial charge is 0.174 e. The van der Waals surface area contributed by atoms with E-state index in [1.54, 1.807) is 0 Å². The Hall–Kier alpha value is -0.520. The number of fused-ring (bicyclic) bond motifs is 1. The van der Waals surface area contributed by atoms with E-state index in [-0.39, 0.29) is 11.2 Å². The summed E-state index contributed by atoms with van der Waals surface area (Å²) in [5.41, 5.74) is 0.119. The van der Waals surface area contributed by atoms with Crippen LogP contribution in [0.3, 0.4) is 0 Å². The molecule has 0 radical (unpaired) electrons. The highest BCUT2D eigenvalue weighted by Gasteiger charge is 2.59. The number of unbranched alkanes of at least 4 members (excludes halogenated alkanes) is 2. The van der Waals surface area contributed by atoms with Crippen molar-refractivity contribution in [3.63, 3.8) is 0 Å². The van der Waals surface area contributed by atoms with E-state index in [0.717, 1.165) is 38.9 Å². The Morgan fingerprint density at radius 2 is 2.18 bits per heavy atom. The van der Waals surface area contributed by atoms with Gasteiger partial charge in [0, 0.05) is 18.3 Å². The molecule has 2 atom stereocenters. The van der Waals surface area contributed by atoms with Crippen LogP contribution in [0.15, 0.2) is 0 Å². The van der Waals surface area contributed by atoms with Gasteiger partial charge >= 0.3 is 0 Å². The summed E-state index contributed by atoms with van der Waals surface area (Å²) in [6.07, 6.45) is 14.4. The van der Waals surface area contributed by atoms with E-state index in [4.69, 9.17) is 15.9 Å². The SMILES string of the molecule is C#CCC12CCCC1(OCCCCC)OCC2. The molecule has 0 spiro atoms. The first-order chi connectivity index (χ1) is 8.29. The Bertz CT molecular complexity index is 280. The Balaban J connectivity index is 1.98. The number of ether oxygens (including phenoxy) is 2. The summed E-state index contributed by atoms with van der Waals surface area (Å²) in [5, 5.41) is 0. The third kappa shape index (κ3) is 2.23. The van der Waals surface area contributed by atoms with E-state index < -0.39 is 0 Å². The molecule has 0 aromatic carbocycles. The van der Waals surface area contributed by atoms with Gasteiger partial charge in [0.1, 0.15) is 0 Å². The molecule has 2 unspecified atom stereocenters. The lowest BCUT2D eigenvalue weighted by molar-refractivity contribution is -0.246. The van der Waals surface area contributed by atoms with Gasteiger partial charge in [-0.3, -0.25) is 0 Å². The fraction of sp³-hybridized carbons (Fsp3) is 0.867. The second-order valence-electron chi connectivity index (χ2n) is 5.42. The van der Waals surface area contributed by atoms with Crippen LogP contribution in [-0.4, -0.2) is 19.0 Å². The molecule has 0 aromatic rings. The Labute approximate surface area is 105 Å². The third-order valence-electron chi connectivity index (χ3n) is 4.41. The first kappa shape index (κ1) is 12.9. The zero-order chi connectivity index (χ0) is 12.2. The van der Waals surface area contributed by atoms with E-state index in [2.05, 4.69) is 12.8 Å². The van der Waals surface area contributed by atoms with E-state index in [1.807, 2.05) is 0 Å². The molecule has 2 aliphatic rings. The topological polar surface area (TPSA) is 18.5 Å². The molecule has 1 saturated carbocycles. The van der Waals surface area contributed by atoms with Gasteiger partial charge in [0.25, 0.3) is 0 Å². The van der Waals surface area contributed by atoms with Crippen molar-refractivity contribution in [2.45, 2.75) is 64.1 Å². The maximum absolute atomic E-state index is 6.15. The van der Waals surface area contributed by atoms with E-state index in [1.165, 1.54) is 25.7 Å². The lowest BCUT2D eigenvalue weighted by atomic mass is 9.77. The summed E-state index contributed by atoms with van der Waals surface area (Å²) in [6.45, 7) is 3.85. The molecule has 17 heavy (non-hydrogen) atoms. The molecular weight excluding hydrogens is 212 g/mol. The van der Waals surface area contributed by atoms with Gasteiger partial charge < -0.3 is 9.47 Å². The standard InChI is InChI=1S/C15H24O2/c1-3-5-6-12-16-15-10-7-9-14(15,8-4-2)11-13-17-15/h2H,3,5-13H2,1H3. The predicted molar refractivity (Wildman–Crippen MR) is 68.5 cm³/mol. The van der Waals surface area contributed by atoms with Crippen molar-refractivity contribution in [1.82, 2.24) is 0 Å².